The molecule has 2 amide bonds. The molecule has 0 spiro atoms. The van der Waals surface area contributed by atoms with Crippen LogP contribution in [-0.2, 0) is 11.3 Å². The Morgan fingerprint density at radius 2 is 2.11 bits per heavy atom. The van der Waals surface area contributed by atoms with Gasteiger partial charge in [0.2, 0.25) is 17.7 Å². The minimum atomic E-state index is -2.62. The third-order valence-corrected chi connectivity index (χ3v) is 4.07. The first-order valence-electron chi connectivity index (χ1n) is 8.54. The summed E-state index contributed by atoms with van der Waals surface area (Å²) in [6, 6.07) is 4.40. The quantitative estimate of drug-likeness (QED) is 0.800. The van der Waals surface area contributed by atoms with E-state index in [0.717, 1.165) is 17.9 Å². The van der Waals surface area contributed by atoms with Crippen LogP contribution in [0.2, 0.25) is 0 Å². The van der Waals surface area contributed by atoms with Gasteiger partial charge in [-0.2, -0.15) is 10.0 Å². The fourth-order valence-corrected chi connectivity index (χ4v) is 2.51. The standard InChI is InChI=1S/C17H15F2N5O4/c18-12(19)8-27-13-4-3-10-7-24(28-15(10)22-13)16(26)11-5-6-20-17(21-11)23-14(25)9-1-2-9/h3-6,9,12H,1-2,7-8H2,(H,20,21,23,25). The number of hydrogen-bond acceptors (Lipinski definition) is 7. The van der Waals surface area contributed by atoms with Gasteiger partial charge in [-0.1, -0.05) is 0 Å². The number of aromatic nitrogens is 3. The highest BCUT2D eigenvalue weighted by Crippen LogP contribution is 2.30. The van der Waals surface area contributed by atoms with Crippen molar-refractivity contribution < 1.29 is 27.9 Å². The third-order valence-electron chi connectivity index (χ3n) is 4.07. The van der Waals surface area contributed by atoms with Crippen LogP contribution in [0.4, 0.5) is 14.7 Å². The van der Waals surface area contributed by atoms with Crippen molar-refractivity contribution in [2.75, 3.05) is 11.9 Å². The monoisotopic (exact) mass is 391 g/mol. The number of fused-ring (bicyclic) bond motifs is 1. The molecule has 4 rings (SSSR count). The molecule has 0 atom stereocenters. The van der Waals surface area contributed by atoms with E-state index < -0.39 is 18.9 Å². The Balaban J connectivity index is 1.43. The molecule has 1 saturated carbocycles. The summed E-state index contributed by atoms with van der Waals surface area (Å²) in [5.41, 5.74) is 0.622. The Kier molecular flexibility index (Phi) is 4.72. The largest absolute Gasteiger partial charge is 0.472 e. The van der Waals surface area contributed by atoms with Gasteiger partial charge >= 0.3 is 5.91 Å². The average Bonchev–Trinajstić information content (AvgIpc) is 3.45. The number of alkyl halides is 2. The number of halogens is 2. The molecule has 0 unspecified atom stereocenters. The molecule has 0 aromatic carbocycles. The maximum Gasteiger partial charge on any atom is 0.305 e. The van der Waals surface area contributed by atoms with Crippen molar-refractivity contribution in [2.24, 2.45) is 5.92 Å². The summed E-state index contributed by atoms with van der Waals surface area (Å²) >= 11 is 0. The number of ether oxygens (including phenoxy) is 1. The number of carbonyl (C=O) groups excluding carboxylic acids is 2. The highest BCUT2D eigenvalue weighted by molar-refractivity contribution is 5.94. The predicted molar refractivity (Wildman–Crippen MR) is 89.6 cm³/mol. The van der Waals surface area contributed by atoms with Crippen molar-refractivity contribution >= 4 is 17.8 Å². The van der Waals surface area contributed by atoms with Crippen molar-refractivity contribution in [3.05, 3.63) is 35.7 Å². The van der Waals surface area contributed by atoms with Gasteiger partial charge in [0.05, 0.1) is 6.54 Å². The molecule has 1 aliphatic carbocycles. The van der Waals surface area contributed by atoms with Gasteiger partial charge in [0.25, 0.3) is 12.3 Å². The molecule has 1 fully saturated rings. The van der Waals surface area contributed by atoms with Gasteiger partial charge in [0.1, 0.15) is 5.69 Å². The summed E-state index contributed by atoms with van der Waals surface area (Å²) in [7, 11) is 0. The van der Waals surface area contributed by atoms with E-state index in [1.165, 1.54) is 18.3 Å². The minimum Gasteiger partial charge on any atom is -0.472 e. The first-order chi connectivity index (χ1) is 13.5. The lowest BCUT2D eigenvalue weighted by Crippen LogP contribution is -2.30. The SMILES string of the molecule is O=C(Nc1nccc(C(=O)N2Cc3ccc(OCC(F)F)nc3O2)n1)C1CC1. The molecule has 9 nitrogen and oxygen atoms in total. The first kappa shape index (κ1) is 18.0. The molecular weight excluding hydrogens is 376 g/mol. The molecule has 146 valence electrons. The Labute approximate surface area is 157 Å². The van der Waals surface area contributed by atoms with Gasteiger partial charge in [-0.15, -0.1) is 0 Å². The zero-order chi connectivity index (χ0) is 19.7. The number of nitrogens with zero attached hydrogens (tertiary/aromatic N) is 4. The lowest BCUT2D eigenvalue weighted by Gasteiger charge is -2.13. The number of nitrogens with one attached hydrogen (secondary N) is 1. The van der Waals surface area contributed by atoms with Gasteiger partial charge in [-0.25, -0.2) is 18.7 Å². The Bertz CT molecular complexity index is 922. The van der Waals surface area contributed by atoms with Crippen LogP contribution in [0.25, 0.3) is 0 Å². The molecule has 28 heavy (non-hydrogen) atoms. The van der Waals surface area contributed by atoms with Crippen LogP contribution in [0.15, 0.2) is 24.4 Å². The van der Waals surface area contributed by atoms with Crippen LogP contribution in [0.5, 0.6) is 11.8 Å². The highest BCUT2D eigenvalue weighted by atomic mass is 19.3. The van der Waals surface area contributed by atoms with Gasteiger partial charge in [-0.3, -0.25) is 14.9 Å². The fourth-order valence-electron chi connectivity index (χ4n) is 2.51. The fraction of sp³-hybridized carbons (Fsp3) is 0.353. The van der Waals surface area contributed by atoms with Gasteiger partial charge < -0.3 is 9.57 Å². The maximum atomic E-state index is 12.6. The van der Waals surface area contributed by atoms with Crippen molar-refractivity contribution in [2.45, 2.75) is 25.8 Å². The Hall–Kier alpha value is -3.37. The molecule has 2 aliphatic rings. The van der Waals surface area contributed by atoms with E-state index in [1.807, 2.05) is 0 Å². The number of anilines is 1. The van der Waals surface area contributed by atoms with Crippen molar-refractivity contribution in [1.29, 1.82) is 0 Å². The number of amides is 2. The second-order valence-electron chi connectivity index (χ2n) is 6.28. The van der Waals surface area contributed by atoms with E-state index in [9.17, 15) is 18.4 Å². The van der Waals surface area contributed by atoms with Crippen LogP contribution in [0.1, 0.15) is 28.9 Å². The molecule has 0 bridgehead atoms. The normalized spacial score (nSPS) is 15.2. The maximum absolute atomic E-state index is 12.6. The van der Waals surface area contributed by atoms with E-state index in [2.05, 4.69) is 20.3 Å². The lowest BCUT2D eigenvalue weighted by atomic mass is 10.2. The molecular formula is C17H15F2N5O4. The highest BCUT2D eigenvalue weighted by Gasteiger charge is 2.31. The van der Waals surface area contributed by atoms with Crippen molar-refractivity contribution in [1.82, 2.24) is 20.0 Å². The average molecular weight is 391 g/mol. The van der Waals surface area contributed by atoms with Gasteiger partial charge in [-0.05, 0) is 25.0 Å². The van der Waals surface area contributed by atoms with Crippen LogP contribution < -0.4 is 14.9 Å². The predicted octanol–water partition coefficient (Wildman–Crippen LogP) is 1.81. The lowest BCUT2D eigenvalue weighted by molar-refractivity contribution is -0.117. The first-order valence-corrected chi connectivity index (χ1v) is 8.54. The second kappa shape index (κ2) is 7.33. The molecule has 0 saturated heterocycles. The van der Waals surface area contributed by atoms with Gasteiger partial charge in [0, 0.05) is 23.7 Å². The Morgan fingerprint density at radius 1 is 1.29 bits per heavy atom. The van der Waals surface area contributed by atoms with Crippen LogP contribution in [0, 0.1) is 5.92 Å². The molecule has 3 heterocycles. The molecule has 11 heteroatoms. The molecule has 0 radical (unpaired) electrons. The van der Waals surface area contributed by atoms with E-state index in [-0.39, 0.29) is 41.8 Å². The number of hydroxylamine groups is 2. The molecule has 1 N–H and O–H groups in total. The number of rotatable bonds is 6. The Morgan fingerprint density at radius 3 is 2.86 bits per heavy atom. The molecule has 2 aromatic heterocycles. The van der Waals surface area contributed by atoms with Crippen molar-refractivity contribution in [3.8, 4) is 11.8 Å². The summed E-state index contributed by atoms with van der Waals surface area (Å²) in [6.07, 6.45) is 0.405. The smallest absolute Gasteiger partial charge is 0.305 e. The van der Waals surface area contributed by atoms with Gasteiger partial charge in [0.15, 0.2) is 6.61 Å². The van der Waals surface area contributed by atoms with E-state index in [4.69, 9.17) is 9.57 Å². The summed E-state index contributed by atoms with van der Waals surface area (Å²) in [6.45, 7) is -0.686. The number of hydrogen-bond donors (Lipinski definition) is 1. The zero-order valence-corrected chi connectivity index (χ0v) is 14.5. The topological polar surface area (TPSA) is 107 Å². The second-order valence-corrected chi connectivity index (χ2v) is 6.28. The number of pyridine rings is 1. The third kappa shape index (κ3) is 3.97. The summed E-state index contributed by atoms with van der Waals surface area (Å²) in [5, 5.41) is 3.61. The van der Waals surface area contributed by atoms with Crippen molar-refractivity contribution in [3.63, 3.8) is 0 Å². The summed E-state index contributed by atoms with van der Waals surface area (Å²) in [5.74, 6) is -0.642. The molecule has 2 aromatic rings. The van der Waals surface area contributed by atoms with Crippen LogP contribution >= 0.6 is 0 Å². The number of carbonyl (C=O) groups is 2. The summed E-state index contributed by atoms with van der Waals surface area (Å²) < 4.78 is 29.3. The van der Waals surface area contributed by atoms with Crippen LogP contribution in [-0.4, -0.2) is 44.9 Å². The molecule has 1 aliphatic heterocycles. The minimum absolute atomic E-state index is 0.0214. The van der Waals surface area contributed by atoms with Crippen LogP contribution in [0.3, 0.4) is 0 Å². The zero-order valence-electron chi connectivity index (χ0n) is 14.5. The van der Waals surface area contributed by atoms with E-state index >= 15 is 0 Å². The summed E-state index contributed by atoms with van der Waals surface area (Å²) in [4.78, 5) is 41.8. The van der Waals surface area contributed by atoms with E-state index in [0.29, 0.717) is 5.56 Å². The van der Waals surface area contributed by atoms with E-state index in [1.54, 1.807) is 6.07 Å².